The Bertz CT molecular complexity index is 381. The van der Waals surface area contributed by atoms with Gasteiger partial charge in [0.15, 0.2) is 0 Å². The highest BCUT2D eigenvalue weighted by molar-refractivity contribution is 9.10. The van der Waals surface area contributed by atoms with E-state index in [9.17, 15) is 13.2 Å². The molecule has 1 aromatic carbocycles. The van der Waals surface area contributed by atoms with Gasteiger partial charge in [0.2, 0.25) is 0 Å². The van der Waals surface area contributed by atoms with Crippen molar-refractivity contribution in [2.45, 2.75) is 18.3 Å². The zero-order valence-electron chi connectivity index (χ0n) is 9.44. The van der Waals surface area contributed by atoms with Crippen LogP contribution in [0.5, 0.6) is 0 Å². The molecule has 96 valence electrons. The highest BCUT2D eigenvalue weighted by Gasteiger charge is 2.30. The average molecular weight is 328 g/mol. The lowest BCUT2D eigenvalue weighted by Gasteiger charge is -2.14. The van der Waals surface area contributed by atoms with Gasteiger partial charge >= 0.3 is 6.18 Å². The highest BCUT2D eigenvalue weighted by atomic mass is 79.9. The minimum atomic E-state index is -4.30. The minimum Gasteiger partial charge on any atom is -0.383 e. The molecule has 0 heterocycles. The summed E-state index contributed by atoms with van der Waals surface area (Å²) in [5.74, 6) is 0. The van der Waals surface area contributed by atoms with E-state index in [1.165, 1.54) is 6.07 Å². The predicted octanol–water partition coefficient (Wildman–Crippen LogP) is 4.63. The second kappa shape index (κ2) is 6.00. The maximum atomic E-state index is 12.4. The van der Waals surface area contributed by atoms with E-state index in [1.54, 1.807) is 11.8 Å². The fourth-order valence-electron chi connectivity index (χ4n) is 1.17. The largest absolute Gasteiger partial charge is 0.416 e. The molecule has 1 rings (SSSR count). The van der Waals surface area contributed by atoms with Gasteiger partial charge in [0.05, 0.1) is 5.56 Å². The average Bonchev–Trinajstić information content (AvgIpc) is 2.25. The maximum Gasteiger partial charge on any atom is 0.416 e. The molecule has 0 radical (unpaired) electrons. The Hall–Kier alpha value is -0.360. The number of hydrogen-bond donors (Lipinski definition) is 1. The van der Waals surface area contributed by atoms with Gasteiger partial charge in [-0.1, -0.05) is 6.92 Å². The van der Waals surface area contributed by atoms with Gasteiger partial charge in [-0.3, -0.25) is 0 Å². The second-order valence-electron chi connectivity index (χ2n) is 3.62. The van der Waals surface area contributed by atoms with Gasteiger partial charge in [0.1, 0.15) is 0 Å². The Kier molecular flexibility index (Phi) is 5.19. The van der Waals surface area contributed by atoms with Crippen LogP contribution in [0.1, 0.15) is 12.5 Å². The molecule has 0 amide bonds. The number of nitrogens with one attached hydrogen (secondary N) is 1. The molecule has 1 aromatic rings. The van der Waals surface area contributed by atoms with E-state index in [2.05, 4.69) is 28.2 Å². The summed E-state index contributed by atoms with van der Waals surface area (Å²) in [5, 5.41) is 3.51. The summed E-state index contributed by atoms with van der Waals surface area (Å²) >= 11 is 4.84. The van der Waals surface area contributed by atoms with E-state index in [0.29, 0.717) is 22.0 Å². The molecule has 0 saturated carbocycles. The quantitative estimate of drug-likeness (QED) is 0.865. The molecule has 1 unspecified atom stereocenters. The van der Waals surface area contributed by atoms with Crippen molar-refractivity contribution in [2.24, 2.45) is 0 Å². The van der Waals surface area contributed by atoms with Crippen molar-refractivity contribution >= 4 is 33.4 Å². The topological polar surface area (TPSA) is 12.0 Å². The Labute approximate surface area is 111 Å². The standard InChI is InChI=1S/C11H13BrF3NS/c1-7(17-2)6-16-10-4-3-8(5-9(10)12)11(13,14)15/h3-5,7,16H,6H2,1-2H3. The smallest absolute Gasteiger partial charge is 0.383 e. The Balaban J connectivity index is 2.77. The minimum absolute atomic E-state index is 0.407. The predicted molar refractivity (Wildman–Crippen MR) is 70.6 cm³/mol. The summed E-state index contributed by atoms with van der Waals surface area (Å²) in [6, 6.07) is 3.61. The molecule has 1 nitrogen and oxygen atoms in total. The first-order chi connectivity index (χ1) is 7.84. The molecule has 0 aromatic heterocycles. The van der Waals surface area contributed by atoms with Gasteiger partial charge in [-0.2, -0.15) is 24.9 Å². The summed E-state index contributed by atoms with van der Waals surface area (Å²) in [6.45, 7) is 2.76. The number of anilines is 1. The lowest BCUT2D eigenvalue weighted by atomic mass is 10.2. The van der Waals surface area contributed by atoms with Gasteiger partial charge in [-0.25, -0.2) is 0 Å². The van der Waals surface area contributed by atoms with Crippen LogP contribution in [-0.2, 0) is 6.18 Å². The molecule has 0 spiro atoms. The summed E-state index contributed by atoms with van der Waals surface area (Å²) in [4.78, 5) is 0. The molecule has 0 aliphatic rings. The summed E-state index contributed by atoms with van der Waals surface area (Å²) in [5.41, 5.74) is 0.0340. The molecule has 0 saturated heterocycles. The molecule has 6 heteroatoms. The molecular formula is C11H13BrF3NS. The Morgan fingerprint density at radius 1 is 1.41 bits per heavy atom. The van der Waals surface area contributed by atoms with E-state index >= 15 is 0 Å². The monoisotopic (exact) mass is 327 g/mol. The van der Waals surface area contributed by atoms with Crippen LogP contribution >= 0.6 is 27.7 Å². The van der Waals surface area contributed by atoms with Gasteiger partial charge in [-0.15, -0.1) is 0 Å². The molecule has 0 fully saturated rings. The van der Waals surface area contributed by atoms with Gasteiger partial charge < -0.3 is 5.32 Å². The zero-order chi connectivity index (χ0) is 13.1. The van der Waals surface area contributed by atoms with Crippen molar-refractivity contribution in [2.75, 3.05) is 18.1 Å². The molecule has 1 atom stereocenters. The van der Waals surface area contributed by atoms with E-state index in [-0.39, 0.29) is 0 Å². The molecule has 0 aliphatic heterocycles. The van der Waals surface area contributed by atoms with Crippen molar-refractivity contribution in [3.05, 3.63) is 28.2 Å². The number of alkyl halides is 3. The van der Waals surface area contributed by atoms with Crippen molar-refractivity contribution in [3.8, 4) is 0 Å². The summed E-state index contributed by atoms with van der Waals surface area (Å²) in [7, 11) is 0. The Morgan fingerprint density at radius 3 is 2.53 bits per heavy atom. The summed E-state index contributed by atoms with van der Waals surface area (Å²) < 4.78 is 37.7. The molecule has 0 bridgehead atoms. The zero-order valence-corrected chi connectivity index (χ0v) is 11.8. The van der Waals surface area contributed by atoms with Crippen LogP contribution < -0.4 is 5.32 Å². The number of benzene rings is 1. The van der Waals surface area contributed by atoms with Crippen LogP contribution in [-0.4, -0.2) is 18.1 Å². The van der Waals surface area contributed by atoms with Crippen molar-refractivity contribution in [1.82, 2.24) is 0 Å². The van der Waals surface area contributed by atoms with Gasteiger partial charge in [-0.05, 0) is 40.4 Å². The van der Waals surface area contributed by atoms with Crippen LogP contribution in [0.4, 0.5) is 18.9 Å². The maximum absolute atomic E-state index is 12.4. The van der Waals surface area contributed by atoms with Crippen molar-refractivity contribution in [1.29, 1.82) is 0 Å². The van der Waals surface area contributed by atoms with E-state index < -0.39 is 11.7 Å². The summed E-state index contributed by atoms with van der Waals surface area (Å²) in [6.07, 6.45) is -2.30. The van der Waals surface area contributed by atoms with Crippen LogP contribution in [0.25, 0.3) is 0 Å². The van der Waals surface area contributed by atoms with Gasteiger partial charge in [0.25, 0.3) is 0 Å². The fraction of sp³-hybridized carbons (Fsp3) is 0.455. The first-order valence-corrected chi connectivity index (χ1v) is 7.06. The third kappa shape index (κ3) is 4.43. The molecule has 17 heavy (non-hydrogen) atoms. The van der Waals surface area contributed by atoms with E-state index in [0.717, 1.165) is 12.1 Å². The van der Waals surface area contributed by atoms with Crippen LogP contribution in [0.15, 0.2) is 22.7 Å². The third-order valence-electron chi connectivity index (χ3n) is 2.28. The number of halogens is 4. The number of thioether (sulfide) groups is 1. The second-order valence-corrected chi connectivity index (χ2v) is 5.75. The number of rotatable bonds is 4. The third-order valence-corrected chi connectivity index (χ3v) is 3.91. The Morgan fingerprint density at radius 2 is 2.06 bits per heavy atom. The normalized spacial score (nSPS) is 13.5. The van der Waals surface area contributed by atoms with Crippen molar-refractivity contribution < 1.29 is 13.2 Å². The van der Waals surface area contributed by atoms with E-state index in [4.69, 9.17) is 0 Å². The van der Waals surface area contributed by atoms with Crippen LogP contribution in [0, 0.1) is 0 Å². The number of hydrogen-bond acceptors (Lipinski definition) is 2. The van der Waals surface area contributed by atoms with Crippen LogP contribution in [0.3, 0.4) is 0 Å². The van der Waals surface area contributed by atoms with Gasteiger partial charge in [0, 0.05) is 22.0 Å². The first kappa shape index (κ1) is 14.7. The highest BCUT2D eigenvalue weighted by Crippen LogP contribution is 2.33. The lowest BCUT2D eigenvalue weighted by molar-refractivity contribution is -0.137. The lowest BCUT2D eigenvalue weighted by Crippen LogP contribution is -2.13. The molecule has 1 N–H and O–H groups in total. The SMILES string of the molecule is CSC(C)CNc1ccc(C(F)(F)F)cc1Br. The molecule has 0 aliphatic carbocycles. The first-order valence-electron chi connectivity index (χ1n) is 4.98. The van der Waals surface area contributed by atoms with E-state index in [1.807, 2.05) is 6.26 Å². The van der Waals surface area contributed by atoms with Crippen LogP contribution in [0.2, 0.25) is 0 Å². The van der Waals surface area contributed by atoms with Crippen molar-refractivity contribution in [3.63, 3.8) is 0 Å². The molecular weight excluding hydrogens is 315 g/mol. The fourth-order valence-corrected chi connectivity index (χ4v) is 1.94.